The van der Waals surface area contributed by atoms with Gasteiger partial charge in [0.25, 0.3) is 0 Å². The van der Waals surface area contributed by atoms with Crippen LogP contribution in [-0.4, -0.2) is 12.6 Å². The number of nitrogen functional groups attached to an aromatic ring is 1. The van der Waals surface area contributed by atoms with E-state index in [1.54, 1.807) is 0 Å². The molecule has 0 bridgehead atoms. The smallest absolute Gasteiger partial charge is 0.143 e. The van der Waals surface area contributed by atoms with Crippen LogP contribution in [-0.2, 0) is 6.54 Å². The average molecular weight is 282 g/mol. The predicted molar refractivity (Wildman–Crippen MR) is 87.8 cm³/mol. The molecule has 0 fully saturated rings. The van der Waals surface area contributed by atoms with Crippen LogP contribution < -0.4 is 15.4 Å². The molecule has 0 aliphatic carbocycles. The zero-order chi connectivity index (χ0) is 14.8. The Morgan fingerprint density at radius 1 is 1.24 bits per heavy atom. The van der Waals surface area contributed by atoms with Gasteiger partial charge in [-0.15, -0.1) is 0 Å². The topological polar surface area (TPSA) is 38.5 Å². The number of ether oxygens (including phenoxy) is 1. The van der Waals surface area contributed by atoms with Gasteiger partial charge in [-0.2, -0.15) is 0 Å². The van der Waals surface area contributed by atoms with Gasteiger partial charge in [0.2, 0.25) is 0 Å². The predicted octanol–water partition coefficient (Wildman–Crippen LogP) is 3.75. The summed E-state index contributed by atoms with van der Waals surface area (Å²) in [6.07, 6.45) is 1.25. The molecule has 110 valence electrons. The van der Waals surface area contributed by atoms with Crippen LogP contribution in [0.3, 0.4) is 0 Å². The Labute approximate surface area is 126 Å². The highest BCUT2D eigenvalue weighted by atomic mass is 16.5. The van der Waals surface area contributed by atoms with Crippen molar-refractivity contribution >= 4 is 11.4 Å². The van der Waals surface area contributed by atoms with Crippen molar-refractivity contribution in [2.45, 2.75) is 32.9 Å². The maximum absolute atomic E-state index is 6.04. The lowest BCUT2D eigenvalue weighted by molar-refractivity contribution is 0.188. The zero-order valence-corrected chi connectivity index (χ0v) is 12.7. The fraction of sp³-hybridized carbons (Fsp3) is 0.333. The lowest BCUT2D eigenvalue weighted by atomic mass is 10.1. The summed E-state index contributed by atoms with van der Waals surface area (Å²) in [5, 5.41) is 0. The second-order valence-electron chi connectivity index (χ2n) is 5.68. The molecule has 21 heavy (non-hydrogen) atoms. The van der Waals surface area contributed by atoms with Crippen molar-refractivity contribution in [2.75, 3.05) is 17.2 Å². The van der Waals surface area contributed by atoms with Crippen LogP contribution in [0.5, 0.6) is 5.75 Å². The summed E-state index contributed by atoms with van der Waals surface area (Å²) >= 11 is 0. The van der Waals surface area contributed by atoms with Crippen molar-refractivity contribution < 1.29 is 4.74 Å². The highest BCUT2D eigenvalue weighted by molar-refractivity contribution is 5.66. The molecule has 2 aromatic rings. The van der Waals surface area contributed by atoms with Gasteiger partial charge in [0, 0.05) is 12.2 Å². The van der Waals surface area contributed by atoms with E-state index in [0.29, 0.717) is 0 Å². The molecule has 1 heterocycles. The third kappa shape index (κ3) is 2.82. The SMILES string of the molecule is CCC1CN(Cc2ccccc2C)c2cc(N)ccc2O1. The summed E-state index contributed by atoms with van der Waals surface area (Å²) in [5.74, 6) is 0.941. The van der Waals surface area contributed by atoms with Crippen molar-refractivity contribution in [2.24, 2.45) is 0 Å². The first-order chi connectivity index (χ1) is 10.2. The summed E-state index contributed by atoms with van der Waals surface area (Å²) in [6, 6.07) is 14.4. The Kier molecular flexibility index (Phi) is 3.74. The number of nitrogens with two attached hydrogens (primary N) is 1. The van der Waals surface area contributed by atoms with Crippen LogP contribution in [0.2, 0.25) is 0 Å². The van der Waals surface area contributed by atoms with Gasteiger partial charge in [-0.1, -0.05) is 31.2 Å². The summed E-state index contributed by atoms with van der Waals surface area (Å²) in [4.78, 5) is 2.38. The zero-order valence-electron chi connectivity index (χ0n) is 12.7. The minimum atomic E-state index is 0.241. The first-order valence-electron chi connectivity index (χ1n) is 7.53. The summed E-state index contributed by atoms with van der Waals surface area (Å²) in [6.45, 7) is 6.12. The highest BCUT2D eigenvalue weighted by Crippen LogP contribution is 2.36. The van der Waals surface area contributed by atoms with Gasteiger partial charge in [0.1, 0.15) is 11.9 Å². The number of aryl methyl sites for hydroxylation is 1. The molecule has 1 aliphatic rings. The van der Waals surface area contributed by atoms with Crippen LogP contribution >= 0.6 is 0 Å². The van der Waals surface area contributed by atoms with Crippen LogP contribution in [0.25, 0.3) is 0 Å². The maximum atomic E-state index is 6.04. The number of hydrogen-bond donors (Lipinski definition) is 1. The molecular weight excluding hydrogens is 260 g/mol. The Morgan fingerprint density at radius 3 is 2.81 bits per heavy atom. The number of rotatable bonds is 3. The molecule has 0 saturated heterocycles. The first kappa shape index (κ1) is 13.8. The van der Waals surface area contributed by atoms with E-state index in [9.17, 15) is 0 Å². The molecular formula is C18H22N2O. The summed E-state index contributed by atoms with van der Waals surface area (Å²) in [7, 11) is 0. The fourth-order valence-electron chi connectivity index (χ4n) is 2.80. The normalized spacial score (nSPS) is 17.2. The highest BCUT2D eigenvalue weighted by Gasteiger charge is 2.25. The second kappa shape index (κ2) is 5.68. The molecule has 1 unspecified atom stereocenters. The quantitative estimate of drug-likeness (QED) is 0.871. The van der Waals surface area contributed by atoms with E-state index in [-0.39, 0.29) is 6.10 Å². The molecule has 3 heteroatoms. The lowest BCUT2D eigenvalue weighted by Crippen LogP contribution is -2.39. The van der Waals surface area contributed by atoms with E-state index < -0.39 is 0 Å². The Hall–Kier alpha value is -2.16. The first-order valence-corrected chi connectivity index (χ1v) is 7.53. The summed E-state index contributed by atoms with van der Waals surface area (Å²) in [5.41, 5.74) is 10.5. The Morgan fingerprint density at radius 2 is 2.05 bits per heavy atom. The third-order valence-corrected chi connectivity index (χ3v) is 4.12. The molecule has 0 saturated carbocycles. The van der Waals surface area contributed by atoms with E-state index in [1.807, 2.05) is 18.2 Å². The van der Waals surface area contributed by atoms with Crippen molar-refractivity contribution in [3.63, 3.8) is 0 Å². The van der Waals surface area contributed by atoms with Gasteiger partial charge in [-0.25, -0.2) is 0 Å². The molecule has 1 atom stereocenters. The van der Waals surface area contributed by atoms with E-state index in [0.717, 1.165) is 36.6 Å². The average Bonchev–Trinajstić information content (AvgIpc) is 2.49. The standard InChI is InChI=1S/C18H22N2O/c1-3-16-12-20(11-14-7-5-4-6-13(14)2)17-10-15(19)8-9-18(17)21-16/h4-10,16H,3,11-12,19H2,1-2H3. The molecule has 0 amide bonds. The lowest BCUT2D eigenvalue weighted by Gasteiger charge is -2.36. The van der Waals surface area contributed by atoms with Gasteiger partial charge in [0.15, 0.2) is 0 Å². The Balaban J connectivity index is 1.94. The Bertz CT molecular complexity index is 639. The third-order valence-electron chi connectivity index (χ3n) is 4.12. The molecule has 3 nitrogen and oxygen atoms in total. The van der Waals surface area contributed by atoms with Crippen LogP contribution in [0, 0.1) is 6.92 Å². The number of anilines is 2. The minimum Gasteiger partial charge on any atom is -0.486 e. The van der Waals surface area contributed by atoms with Gasteiger partial charge < -0.3 is 15.4 Å². The molecule has 3 rings (SSSR count). The number of benzene rings is 2. The number of fused-ring (bicyclic) bond motifs is 1. The largest absolute Gasteiger partial charge is 0.486 e. The van der Waals surface area contributed by atoms with Gasteiger partial charge in [0.05, 0.1) is 12.2 Å². The molecule has 0 aromatic heterocycles. The van der Waals surface area contributed by atoms with Crippen molar-refractivity contribution in [3.05, 3.63) is 53.6 Å². The van der Waals surface area contributed by atoms with Crippen molar-refractivity contribution in [1.29, 1.82) is 0 Å². The monoisotopic (exact) mass is 282 g/mol. The van der Waals surface area contributed by atoms with Gasteiger partial charge >= 0.3 is 0 Å². The maximum Gasteiger partial charge on any atom is 0.143 e. The van der Waals surface area contributed by atoms with Crippen molar-refractivity contribution in [1.82, 2.24) is 0 Å². The number of nitrogens with zero attached hydrogens (tertiary/aromatic N) is 1. The van der Waals surface area contributed by atoms with E-state index in [1.165, 1.54) is 11.1 Å². The van der Waals surface area contributed by atoms with E-state index >= 15 is 0 Å². The minimum absolute atomic E-state index is 0.241. The molecule has 1 aliphatic heterocycles. The number of hydrogen-bond acceptors (Lipinski definition) is 3. The van der Waals surface area contributed by atoms with Crippen LogP contribution in [0.1, 0.15) is 24.5 Å². The summed E-state index contributed by atoms with van der Waals surface area (Å²) < 4.78 is 6.04. The molecule has 0 radical (unpaired) electrons. The second-order valence-corrected chi connectivity index (χ2v) is 5.68. The van der Waals surface area contributed by atoms with Gasteiger partial charge in [-0.05, 0) is 42.7 Å². The molecule has 2 aromatic carbocycles. The van der Waals surface area contributed by atoms with Crippen molar-refractivity contribution in [3.8, 4) is 5.75 Å². The van der Waals surface area contributed by atoms with E-state index in [4.69, 9.17) is 10.5 Å². The molecule has 2 N–H and O–H groups in total. The van der Waals surface area contributed by atoms with E-state index in [2.05, 4.69) is 43.0 Å². The van der Waals surface area contributed by atoms with Crippen LogP contribution in [0.15, 0.2) is 42.5 Å². The molecule has 0 spiro atoms. The fourth-order valence-corrected chi connectivity index (χ4v) is 2.80. The van der Waals surface area contributed by atoms with Gasteiger partial charge in [-0.3, -0.25) is 0 Å². The van der Waals surface area contributed by atoms with Crippen LogP contribution in [0.4, 0.5) is 11.4 Å².